The Balaban J connectivity index is 1.62. The number of anilines is 1. The molecule has 2 N–H and O–H groups in total. The van der Waals surface area contributed by atoms with Crippen molar-refractivity contribution in [2.45, 2.75) is 18.9 Å². The van der Waals surface area contributed by atoms with Gasteiger partial charge in [-0.05, 0) is 47.6 Å². The average molecular weight is 402 g/mol. The molecule has 106 valence electrons. The number of hydrogen-bond donors (Lipinski definition) is 1. The van der Waals surface area contributed by atoms with Crippen LogP contribution in [0.15, 0.2) is 23.7 Å². The largest absolute Gasteiger partial charge is 0.382 e. The number of likely N-dealkylation sites (tertiary alicyclic amines) is 1. The molecule has 1 aliphatic heterocycles. The molecule has 2 aromatic heterocycles. The summed E-state index contributed by atoms with van der Waals surface area (Å²) >= 11 is 3.85. The number of amides is 1. The lowest BCUT2D eigenvalue weighted by Gasteiger charge is -2.31. The van der Waals surface area contributed by atoms with Crippen molar-refractivity contribution in [2.24, 2.45) is 0 Å². The molecule has 1 fully saturated rings. The second kappa shape index (κ2) is 5.72. The van der Waals surface area contributed by atoms with Crippen molar-refractivity contribution in [3.63, 3.8) is 0 Å². The molecule has 3 rings (SSSR count). The summed E-state index contributed by atoms with van der Waals surface area (Å²) in [6.07, 6.45) is 3.76. The molecule has 0 bridgehead atoms. The van der Waals surface area contributed by atoms with Crippen molar-refractivity contribution < 1.29 is 4.79 Å². The van der Waals surface area contributed by atoms with Crippen LogP contribution in [0.2, 0.25) is 0 Å². The maximum atomic E-state index is 12.3. The summed E-state index contributed by atoms with van der Waals surface area (Å²) in [6, 6.07) is 4.11. The van der Waals surface area contributed by atoms with Crippen molar-refractivity contribution in [3.05, 3.63) is 32.2 Å². The number of aromatic nitrogens is 2. The van der Waals surface area contributed by atoms with Gasteiger partial charge in [0.2, 0.25) is 0 Å². The highest BCUT2D eigenvalue weighted by Gasteiger charge is 2.25. The first-order chi connectivity index (χ1) is 9.63. The van der Waals surface area contributed by atoms with Crippen LogP contribution in [-0.4, -0.2) is 33.7 Å². The van der Waals surface area contributed by atoms with Crippen molar-refractivity contribution in [2.75, 3.05) is 18.8 Å². The molecule has 3 heterocycles. The molecule has 5 nitrogen and oxygen atoms in total. The predicted molar refractivity (Wildman–Crippen MR) is 87.8 cm³/mol. The highest BCUT2D eigenvalue weighted by atomic mass is 127. The fraction of sp³-hybridized carbons (Fsp3) is 0.385. The second-order valence-electron chi connectivity index (χ2n) is 4.88. The summed E-state index contributed by atoms with van der Waals surface area (Å²) in [5.41, 5.74) is 6.45. The van der Waals surface area contributed by atoms with Crippen LogP contribution < -0.4 is 5.73 Å². The summed E-state index contributed by atoms with van der Waals surface area (Å²) in [6.45, 7) is 1.55. The van der Waals surface area contributed by atoms with Crippen molar-refractivity contribution in [3.8, 4) is 0 Å². The predicted octanol–water partition coefficient (Wildman–Crippen LogP) is 2.61. The van der Waals surface area contributed by atoms with E-state index in [2.05, 4.69) is 27.7 Å². The second-order valence-corrected chi connectivity index (χ2v) is 7.69. The Bertz CT molecular complexity index is 615. The fourth-order valence-corrected chi connectivity index (χ4v) is 3.81. The quantitative estimate of drug-likeness (QED) is 0.786. The molecule has 7 heteroatoms. The van der Waals surface area contributed by atoms with Crippen LogP contribution in [0.3, 0.4) is 0 Å². The van der Waals surface area contributed by atoms with Crippen LogP contribution in [-0.2, 0) is 0 Å². The number of nitrogens with zero attached hydrogens (tertiary/aromatic N) is 3. The third-order valence-corrected chi connectivity index (χ3v) is 5.36. The molecule has 2 aromatic rings. The van der Waals surface area contributed by atoms with E-state index in [1.54, 1.807) is 11.3 Å². The molecule has 1 saturated heterocycles. The van der Waals surface area contributed by atoms with E-state index in [0.717, 1.165) is 34.4 Å². The van der Waals surface area contributed by atoms with Gasteiger partial charge in [-0.3, -0.25) is 9.48 Å². The van der Waals surface area contributed by atoms with Gasteiger partial charge in [-0.2, -0.15) is 5.10 Å². The third-order valence-electron chi connectivity index (χ3n) is 3.57. The topological polar surface area (TPSA) is 64.2 Å². The first kappa shape index (κ1) is 13.9. The summed E-state index contributed by atoms with van der Waals surface area (Å²) in [5.74, 6) is 0.693. The number of rotatable bonds is 2. The molecule has 0 atom stereocenters. The smallest absolute Gasteiger partial charge is 0.254 e. The average Bonchev–Trinajstić information content (AvgIpc) is 3.07. The van der Waals surface area contributed by atoms with Gasteiger partial charge in [0.25, 0.3) is 5.91 Å². The Labute approximate surface area is 134 Å². The highest BCUT2D eigenvalue weighted by molar-refractivity contribution is 14.1. The molecular weight excluding hydrogens is 387 g/mol. The van der Waals surface area contributed by atoms with Crippen LogP contribution in [0.1, 0.15) is 29.2 Å². The van der Waals surface area contributed by atoms with Gasteiger partial charge in [-0.15, -0.1) is 11.3 Å². The van der Waals surface area contributed by atoms with E-state index in [0.29, 0.717) is 11.9 Å². The van der Waals surface area contributed by atoms with Crippen LogP contribution in [0.25, 0.3) is 0 Å². The monoisotopic (exact) mass is 402 g/mol. The lowest BCUT2D eigenvalue weighted by atomic mass is 10.0. The van der Waals surface area contributed by atoms with Crippen molar-refractivity contribution >= 4 is 45.7 Å². The molecule has 0 radical (unpaired) electrons. The standard InChI is InChI=1S/C13H15IN4OS/c14-11-7-9(8-20-11)13(19)17-4-1-10(2-5-17)18-6-3-12(15)16-18/h3,6-8,10H,1-2,4-5H2,(H2,15,16). The first-order valence-electron chi connectivity index (χ1n) is 6.47. The molecular formula is C13H15IN4OS. The lowest BCUT2D eigenvalue weighted by molar-refractivity contribution is 0.0690. The van der Waals surface area contributed by atoms with Gasteiger partial charge in [-0.25, -0.2) is 0 Å². The van der Waals surface area contributed by atoms with E-state index in [-0.39, 0.29) is 5.91 Å². The van der Waals surface area contributed by atoms with Crippen molar-refractivity contribution in [1.29, 1.82) is 0 Å². The number of thiophene rings is 1. The Kier molecular flexibility index (Phi) is 3.97. The van der Waals surface area contributed by atoms with Crippen LogP contribution in [0, 0.1) is 2.88 Å². The molecule has 1 aliphatic rings. The normalized spacial score (nSPS) is 16.6. The number of hydrogen-bond acceptors (Lipinski definition) is 4. The third kappa shape index (κ3) is 2.83. The van der Waals surface area contributed by atoms with Gasteiger partial charge >= 0.3 is 0 Å². The van der Waals surface area contributed by atoms with E-state index in [4.69, 9.17) is 5.73 Å². The van der Waals surface area contributed by atoms with Gasteiger partial charge in [0.15, 0.2) is 0 Å². The Hall–Kier alpha value is -1.09. The Morgan fingerprint density at radius 1 is 1.45 bits per heavy atom. The zero-order valence-electron chi connectivity index (χ0n) is 10.8. The Morgan fingerprint density at radius 2 is 2.20 bits per heavy atom. The lowest BCUT2D eigenvalue weighted by Crippen LogP contribution is -2.39. The number of carbonyl (C=O) groups excluding carboxylic acids is 1. The SMILES string of the molecule is Nc1ccn(C2CCN(C(=O)c3csc(I)c3)CC2)n1. The van der Waals surface area contributed by atoms with Crippen LogP contribution in [0.4, 0.5) is 5.82 Å². The highest BCUT2D eigenvalue weighted by Crippen LogP contribution is 2.25. The van der Waals surface area contributed by atoms with E-state index < -0.39 is 0 Å². The number of carbonyl (C=O) groups is 1. The van der Waals surface area contributed by atoms with E-state index in [1.165, 1.54) is 0 Å². The molecule has 0 saturated carbocycles. The molecule has 0 spiro atoms. The maximum absolute atomic E-state index is 12.3. The van der Waals surface area contributed by atoms with E-state index >= 15 is 0 Å². The van der Waals surface area contributed by atoms with E-state index in [9.17, 15) is 4.79 Å². The Morgan fingerprint density at radius 3 is 2.75 bits per heavy atom. The maximum Gasteiger partial charge on any atom is 0.254 e. The zero-order chi connectivity index (χ0) is 14.1. The van der Waals surface area contributed by atoms with Crippen LogP contribution >= 0.6 is 33.9 Å². The molecule has 0 aliphatic carbocycles. The molecule has 0 aromatic carbocycles. The minimum Gasteiger partial charge on any atom is -0.382 e. The molecule has 0 unspecified atom stereocenters. The van der Waals surface area contributed by atoms with Gasteiger partial charge in [0.05, 0.1) is 14.5 Å². The van der Waals surface area contributed by atoms with Gasteiger partial charge in [-0.1, -0.05) is 0 Å². The summed E-state index contributed by atoms with van der Waals surface area (Å²) in [4.78, 5) is 14.3. The summed E-state index contributed by atoms with van der Waals surface area (Å²) in [5, 5.41) is 6.19. The number of nitrogen functional groups attached to an aromatic ring is 1. The van der Waals surface area contributed by atoms with Crippen molar-refractivity contribution in [1.82, 2.24) is 14.7 Å². The number of nitrogens with two attached hydrogens (primary N) is 1. The fourth-order valence-electron chi connectivity index (χ4n) is 2.49. The van der Waals surface area contributed by atoms with Crippen LogP contribution in [0.5, 0.6) is 0 Å². The minimum atomic E-state index is 0.141. The van der Waals surface area contributed by atoms with Gasteiger partial charge in [0.1, 0.15) is 5.82 Å². The van der Waals surface area contributed by atoms with Gasteiger partial charge < -0.3 is 10.6 Å². The summed E-state index contributed by atoms with van der Waals surface area (Å²) in [7, 11) is 0. The van der Waals surface area contributed by atoms with Gasteiger partial charge in [0, 0.05) is 24.7 Å². The van der Waals surface area contributed by atoms with E-state index in [1.807, 2.05) is 33.3 Å². The first-order valence-corrected chi connectivity index (χ1v) is 8.43. The molecule has 20 heavy (non-hydrogen) atoms. The molecule has 1 amide bonds. The minimum absolute atomic E-state index is 0.141. The number of piperidine rings is 1. The number of halogens is 1. The zero-order valence-corrected chi connectivity index (χ0v) is 13.8. The summed E-state index contributed by atoms with van der Waals surface area (Å²) < 4.78 is 3.07.